The number of ether oxygens (including phenoxy) is 2. The molecule has 0 aliphatic rings. The van der Waals surface area contributed by atoms with E-state index < -0.39 is 34.9 Å². The molecule has 15 heteroatoms. The summed E-state index contributed by atoms with van der Waals surface area (Å²) >= 11 is 0. The Hall–Kier alpha value is -5.08. The van der Waals surface area contributed by atoms with E-state index in [-0.39, 0.29) is 34.5 Å². The Bertz CT molecular complexity index is 1070. The summed E-state index contributed by atoms with van der Waals surface area (Å²) in [5.74, 6) is -1.24. The molecule has 170 valence electrons. The Kier molecular flexibility index (Phi) is 7.05. The number of nitro benzene ring substituents is 2. The number of hydrogen-bond acceptors (Lipinski definition) is 11. The second kappa shape index (κ2) is 10.3. The molecule has 0 saturated carbocycles. The number of rotatable bonds is 10. The van der Waals surface area contributed by atoms with E-state index in [1.165, 1.54) is 48.5 Å². The van der Waals surface area contributed by atoms with Gasteiger partial charge < -0.3 is 20.1 Å². The molecule has 1 heterocycles. The molecule has 0 spiro atoms. The normalized spacial score (nSPS) is 10.2. The number of non-ortho nitro benzene ring substituents is 2. The first kappa shape index (κ1) is 22.6. The number of nitrogens with one attached hydrogen (secondary N) is 2. The minimum Gasteiger partial charge on any atom is -0.484 e. The summed E-state index contributed by atoms with van der Waals surface area (Å²) in [7, 11) is 0. The summed E-state index contributed by atoms with van der Waals surface area (Å²) in [4.78, 5) is 44.2. The van der Waals surface area contributed by atoms with E-state index in [1.807, 2.05) is 0 Å². The van der Waals surface area contributed by atoms with Gasteiger partial charge in [0.2, 0.25) is 11.6 Å². The first-order chi connectivity index (χ1) is 15.8. The number of benzene rings is 2. The standard InChI is InChI=1S/C18H14N6O9/c25-15(9-31-13-5-1-11(2-6-13)23(27)28)19-17-18(22-33-21-17)20-16(26)10-32-14-7-3-12(4-8-14)24(29)30/h1-8H,9-10H2,(H,19,21,25)(H,20,22,26). The maximum absolute atomic E-state index is 12.0. The van der Waals surface area contributed by atoms with Crippen LogP contribution in [0.1, 0.15) is 0 Å². The Labute approximate surface area is 183 Å². The lowest BCUT2D eigenvalue weighted by atomic mass is 10.3. The molecule has 2 N–H and O–H groups in total. The average molecular weight is 458 g/mol. The Morgan fingerprint density at radius 2 is 1.12 bits per heavy atom. The highest BCUT2D eigenvalue weighted by Crippen LogP contribution is 2.19. The minimum atomic E-state index is -0.665. The van der Waals surface area contributed by atoms with Gasteiger partial charge in [-0.1, -0.05) is 0 Å². The Morgan fingerprint density at radius 3 is 1.45 bits per heavy atom. The molecule has 3 aromatic rings. The van der Waals surface area contributed by atoms with Gasteiger partial charge in [-0.2, -0.15) is 0 Å². The minimum absolute atomic E-state index is 0.126. The SMILES string of the molecule is O=C(COc1ccc([N+](=O)[O-])cc1)Nc1nonc1NC(=O)COc1ccc([N+](=O)[O-])cc1. The van der Waals surface area contributed by atoms with Crippen molar-refractivity contribution in [3.63, 3.8) is 0 Å². The highest BCUT2D eigenvalue weighted by molar-refractivity contribution is 5.98. The lowest BCUT2D eigenvalue weighted by molar-refractivity contribution is -0.385. The number of carbonyl (C=O) groups is 2. The molecule has 0 aliphatic carbocycles. The topological polar surface area (TPSA) is 202 Å². The van der Waals surface area contributed by atoms with Gasteiger partial charge in [0, 0.05) is 24.3 Å². The smallest absolute Gasteiger partial charge is 0.269 e. The quantitative estimate of drug-likeness (QED) is 0.332. The Morgan fingerprint density at radius 1 is 0.758 bits per heavy atom. The van der Waals surface area contributed by atoms with Crippen LogP contribution in [0.2, 0.25) is 0 Å². The van der Waals surface area contributed by atoms with E-state index in [0.29, 0.717) is 0 Å². The third-order valence-corrected chi connectivity index (χ3v) is 3.84. The van der Waals surface area contributed by atoms with Crippen molar-refractivity contribution < 1.29 is 33.5 Å². The van der Waals surface area contributed by atoms with Crippen LogP contribution >= 0.6 is 0 Å². The highest BCUT2D eigenvalue weighted by Gasteiger charge is 2.17. The van der Waals surface area contributed by atoms with Gasteiger partial charge in [0.15, 0.2) is 13.2 Å². The molecule has 3 rings (SSSR count). The van der Waals surface area contributed by atoms with Crippen LogP contribution in [0.25, 0.3) is 0 Å². The van der Waals surface area contributed by atoms with Crippen molar-refractivity contribution in [2.24, 2.45) is 0 Å². The molecule has 0 aliphatic heterocycles. The van der Waals surface area contributed by atoms with Crippen LogP contribution in [0, 0.1) is 20.2 Å². The molecule has 0 radical (unpaired) electrons. The molecule has 33 heavy (non-hydrogen) atoms. The van der Waals surface area contributed by atoms with E-state index in [2.05, 4.69) is 25.6 Å². The summed E-state index contributed by atoms with van der Waals surface area (Å²) in [5, 5.41) is 32.9. The van der Waals surface area contributed by atoms with Gasteiger partial charge in [-0.15, -0.1) is 0 Å². The highest BCUT2D eigenvalue weighted by atomic mass is 16.6. The van der Waals surface area contributed by atoms with Gasteiger partial charge in [0.05, 0.1) is 9.85 Å². The number of hydrogen-bond donors (Lipinski definition) is 2. The van der Waals surface area contributed by atoms with Gasteiger partial charge in [-0.3, -0.25) is 29.8 Å². The third kappa shape index (κ3) is 6.45. The molecular formula is C18H14N6O9. The van der Waals surface area contributed by atoms with Gasteiger partial charge in [0.25, 0.3) is 23.2 Å². The molecule has 0 saturated heterocycles. The summed E-state index contributed by atoms with van der Waals surface area (Å²) in [5.41, 5.74) is -0.253. The molecule has 0 atom stereocenters. The van der Waals surface area contributed by atoms with Crippen LogP contribution in [0.3, 0.4) is 0 Å². The summed E-state index contributed by atoms with van der Waals surface area (Å²) in [6.45, 7) is -0.914. The van der Waals surface area contributed by atoms with E-state index in [9.17, 15) is 29.8 Å². The van der Waals surface area contributed by atoms with Gasteiger partial charge >= 0.3 is 0 Å². The van der Waals surface area contributed by atoms with Gasteiger partial charge in [0.1, 0.15) is 11.5 Å². The van der Waals surface area contributed by atoms with Crippen LogP contribution < -0.4 is 20.1 Å². The number of aromatic nitrogens is 2. The molecule has 15 nitrogen and oxygen atoms in total. The second-order valence-electron chi connectivity index (χ2n) is 6.14. The van der Waals surface area contributed by atoms with Gasteiger partial charge in [-0.05, 0) is 34.6 Å². The largest absolute Gasteiger partial charge is 0.484 e. The van der Waals surface area contributed by atoms with Crippen molar-refractivity contribution in [1.82, 2.24) is 10.3 Å². The molecule has 2 aromatic carbocycles. The lowest BCUT2D eigenvalue weighted by Crippen LogP contribution is -2.23. The summed E-state index contributed by atoms with van der Waals surface area (Å²) in [6, 6.07) is 10.2. The fraction of sp³-hybridized carbons (Fsp3) is 0.111. The Balaban J connectivity index is 1.47. The number of nitrogens with zero attached hydrogens (tertiary/aromatic N) is 4. The van der Waals surface area contributed by atoms with Crippen molar-refractivity contribution in [1.29, 1.82) is 0 Å². The maximum atomic E-state index is 12.0. The fourth-order valence-electron chi connectivity index (χ4n) is 2.31. The van der Waals surface area contributed by atoms with Crippen LogP contribution in [0.15, 0.2) is 53.2 Å². The van der Waals surface area contributed by atoms with Gasteiger partial charge in [-0.25, -0.2) is 4.63 Å². The van der Waals surface area contributed by atoms with E-state index in [4.69, 9.17) is 9.47 Å². The second-order valence-corrected chi connectivity index (χ2v) is 6.14. The number of nitro groups is 2. The lowest BCUT2D eigenvalue weighted by Gasteiger charge is -2.07. The predicted molar refractivity (Wildman–Crippen MR) is 109 cm³/mol. The van der Waals surface area contributed by atoms with E-state index >= 15 is 0 Å². The van der Waals surface area contributed by atoms with E-state index in [1.54, 1.807) is 0 Å². The van der Waals surface area contributed by atoms with Crippen LogP contribution in [0.4, 0.5) is 23.0 Å². The van der Waals surface area contributed by atoms with Crippen molar-refractivity contribution in [3.8, 4) is 11.5 Å². The molecule has 2 amide bonds. The number of carbonyl (C=O) groups excluding carboxylic acids is 2. The van der Waals surface area contributed by atoms with Crippen LogP contribution in [-0.4, -0.2) is 45.2 Å². The van der Waals surface area contributed by atoms with Crippen LogP contribution in [0.5, 0.6) is 11.5 Å². The zero-order chi connectivity index (χ0) is 23.8. The molecule has 0 unspecified atom stereocenters. The average Bonchev–Trinajstić information content (AvgIpc) is 3.23. The van der Waals surface area contributed by atoms with Crippen molar-refractivity contribution >= 4 is 34.8 Å². The first-order valence-corrected chi connectivity index (χ1v) is 8.98. The summed E-state index contributed by atoms with van der Waals surface area (Å²) in [6.07, 6.45) is 0. The molecule has 0 fully saturated rings. The molecular weight excluding hydrogens is 444 g/mol. The maximum Gasteiger partial charge on any atom is 0.269 e. The third-order valence-electron chi connectivity index (χ3n) is 3.84. The zero-order valence-corrected chi connectivity index (χ0v) is 16.5. The molecule has 1 aromatic heterocycles. The van der Waals surface area contributed by atoms with E-state index in [0.717, 1.165) is 0 Å². The monoisotopic (exact) mass is 458 g/mol. The van der Waals surface area contributed by atoms with Crippen molar-refractivity contribution in [2.45, 2.75) is 0 Å². The summed E-state index contributed by atoms with van der Waals surface area (Å²) < 4.78 is 14.9. The van der Waals surface area contributed by atoms with Crippen molar-refractivity contribution in [3.05, 3.63) is 68.8 Å². The zero-order valence-electron chi connectivity index (χ0n) is 16.5. The first-order valence-electron chi connectivity index (χ1n) is 8.98. The fourth-order valence-corrected chi connectivity index (χ4v) is 2.31. The predicted octanol–water partition coefficient (Wildman–Crippen LogP) is 1.92. The molecule has 0 bridgehead atoms. The van der Waals surface area contributed by atoms with Crippen molar-refractivity contribution in [2.75, 3.05) is 23.8 Å². The number of anilines is 2. The van der Waals surface area contributed by atoms with Crippen LogP contribution in [-0.2, 0) is 9.59 Å². The number of amides is 2.